The number of carbonyl (C=O) groups excluding carboxylic acids is 1. The van der Waals surface area contributed by atoms with Crippen LogP contribution in [0.4, 0.5) is 0 Å². The number of carbonyl (C=O) groups is 1. The van der Waals surface area contributed by atoms with Crippen molar-refractivity contribution < 1.29 is 9.53 Å². The molecule has 4 heteroatoms. The Bertz CT molecular complexity index is 665. The first-order chi connectivity index (χ1) is 11.2. The summed E-state index contributed by atoms with van der Waals surface area (Å²) in [6.45, 7) is 3.19. The second kappa shape index (κ2) is 9.01. The minimum Gasteiger partial charge on any atom is -0.494 e. The summed E-state index contributed by atoms with van der Waals surface area (Å²) in [5.41, 5.74) is 1.84. The lowest BCUT2D eigenvalue weighted by atomic mass is 10.2. The van der Waals surface area contributed by atoms with Gasteiger partial charge in [-0.05, 0) is 41.8 Å². The van der Waals surface area contributed by atoms with Crippen LogP contribution in [0.5, 0.6) is 5.75 Å². The van der Waals surface area contributed by atoms with Crippen molar-refractivity contribution in [3.63, 3.8) is 0 Å². The van der Waals surface area contributed by atoms with E-state index in [0.717, 1.165) is 23.3 Å². The first kappa shape index (κ1) is 17.1. The SMILES string of the molecule is CCCOc1ccc(/C=C/C(=O)NCc2ccccc2Cl)cc1. The number of ether oxygens (including phenoxy) is 1. The van der Waals surface area contributed by atoms with Crippen LogP contribution < -0.4 is 10.1 Å². The highest BCUT2D eigenvalue weighted by Crippen LogP contribution is 2.15. The van der Waals surface area contributed by atoms with Crippen LogP contribution in [-0.2, 0) is 11.3 Å². The Morgan fingerprint density at radius 1 is 1.17 bits per heavy atom. The van der Waals surface area contributed by atoms with E-state index in [9.17, 15) is 4.79 Å². The maximum atomic E-state index is 11.8. The monoisotopic (exact) mass is 329 g/mol. The smallest absolute Gasteiger partial charge is 0.244 e. The fourth-order valence-corrected chi connectivity index (χ4v) is 2.15. The molecule has 0 aliphatic heterocycles. The van der Waals surface area contributed by atoms with Crippen LogP contribution in [0.1, 0.15) is 24.5 Å². The Morgan fingerprint density at radius 3 is 2.61 bits per heavy atom. The molecule has 0 atom stereocenters. The van der Waals surface area contributed by atoms with E-state index in [0.29, 0.717) is 18.2 Å². The van der Waals surface area contributed by atoms with Crippen molar-refractivity contribution in [1.29, 1.82) is 0 Å². The van der Waals surface area contributed by atoms with Crippen molar-refractivity contribution in [2.75, 3.05) is 6.61 Å². The largest absolute Gasteiger partial charge is 0.494 e. The van der Waals surface area contributed by atoms with Crippen molar-refractivity contribution >= 4 is 23.6 Å². The van der Waals surface area contributed by atoms with Gasteiger partial charge >= 0.3 is 0 Å². The molecule has 0 saturated carbocycles. The van der Waals surface area contributed by atoms with Gasteiger partial charge in [-0.25, -0.2) is 0 Å². The molecule has 23 heavy (non-hydrogen) atoms. The number of hydrogen-bond donors (Lipinski definition) is 1. The number of rotatable bonds is 7. The molecule has 0 heterocycles. The average Bonchev–Trinajstić information content (AvgIpc) is 2.58. The Balaban J connectivity index is 1.84. The molecule has 1 N–H and O–H groups in total. The van der Waals surface area contributed by atoms with Crippen LogP contribution in [0.15, 0.2) is 54.6 Å². The molecule has 120 valence electrons. The highest BCUT2D eigenvalue weighted by Gasteiger charge is 2.00. The summed E-state index contributed by atoms with van der Waals surface area (Å²) < 4.78 is 5.52. The van der Waals surface area contributed by atoms with Gasteiger partial charge in [-0.15, -0.1) is 0 Å². The van der Waals surface area contributed by atoms with Gasteiger partial charge in [0, 0.05) is 17.6 Å². The van der Waals surface area contributed by atoms with Crippen molar-refractivity contribution in [2.45, 2.75) is 19.9 Å². The minimum absolute atomic E-state index is 0.156. The van der Waals surface area contributed by atoms with E-state index in [1.54, 1.807) is 12.1 Å². The molecule has 0 fully saturated rings. The normalized spacial score (nSPS) is 10.7. The van der Waals surface area contributed by atoms with Gasteiger partial charge in [0.25, 0.3) is 0 Å². The van der Waals surface area contributed by atoms with Crippen LogP contribution >= 0.6 is 11.6 Å². The maximum Gasteiger partial charge on any atom is 0.244 e. The van der Waals surface area contributed by atoms with E-state index in [-0.39, 0.29) is 5.91 Å². The van der Waals surface area contributed by atoms with Crippen LogP contribution in [0.3, 0.4) is 0 Å². The van der Waals surface area contributed by atoms with Crippen LogP contribution in [0.2, 0.25) is 5.02 Å². The summed E-state index contributed by atoms with van der Waals surface area (Å²) in [5, 5.41) is 3.47. The van der Waals surface area contributed by atoms with Gasteiger partial charge < -0.3 is 10.1 Å². The fraction of sp³-hybridized carbons (Fsp3) is 0.211. The molecular weight excluding hydrogens is 310 g/mol. The third-order valence-electron chi connectivity index (χ3n) is 3.19. The molecule has 0 unspecified atom stereocenters. The molecule has 0 aliphatic rings. The Kier molecular flexibility index (Phi) is 6.70. The molecule has 0 aromatic heterocycles. The fourth-order valence-electron chi connectivity index (χ4n) is 1.95. The van der Waals surface area contributed by atoms with E-state index < -0.39 is 0 Å². The van der Waals surface area contributed by atoms with Crippen molar-refractivity contribution in [3.8, 4) is 5.75 Å². The second-order valence-electron chi connectivity index (χ2n) is 5.06. The zero-order valence-corrected chi connectivity index (χ0v) is 13.8. The average molecular weight is 330 g/mol. The van der Waals surface area contributed by atoms with Crippen molar-refractivity contribution in [2.24, 2.45) is 0 Å². The van der Waals surface area contributed by atoms with E-state index in [4.69, 9.17) is 16.3 Å². The third kappa shape index (κ3) is 5.80. The van der Waals surface area contributed by atoms with Gasteiger partial charge in [-0.2, -0.15) is 0 Å². The molecule has 0 radical (unpaired) electrons. The number of benzene rings is 2. The predicted octanol–water partition coefficient (Wildman–Crippen LogP) is 4.46. The molecule has 0 bridgehead atoms. The molecule has 2 rings (SSSR count). The summed E-state index contributed by atoms with van der Waals surface area (Å²) in [6, 6.07) is 15.1. The van der Waals surface area contributed by atoms with E-state index in [1.165, 1.54) is 6.08 Å². The summed E-state index contributed by atoms with van der Waals surface area (Å²) >= 11 is 6.05. The molecule has 2 aromatic rings. The number of halogens is 1. The van der Waals surface area contributed by atoms with Crippen molar-refractivity contribution in [1.82, 2.24) is 5.32 Å². The first-order valence-electron chi connectivity index (χ1n) is 7.61. The molecule has 1 amide bonds. The Hall–Kier alpha value is -2.26. The van der Waals surface area contributed by atoms with Gasteiger partial charge in [0.05, 0.1) is 6.61 Å². The first-order valence-corrected chi connectivity index (χ1v) is 7.99. The van der Waals surface area contributed by atoms with Gasteiger partial charge in [-0.1, -0.05) is 48.9 Å². The molecule has 2 aromatic carbocycles. The summed E-state index contributed by atoms with van der Waals surface area (Å²) in [7, 11) is 0. The maximum absolute atomic E-state index is 11.8. The van der Waals surface area contributed by atoms with Gasteiger partial charge in [0.15, 0.2) is 0 Å². The number of nitrogens with one attached hydrogen (secondary N) is 1. The topological polar surface area (TPSA) is 38.3 Å². The molecule has 0 saturated heterocycles. The van der Waals surface area contributed by atoms with Gasteiger partial charge in [0.2, 0.25) is 5.91 Å². The van der Waals surface area contributed by atoms with E-state index >= 15 is 0 Å². The van der Waals surface area contributed by atoms with E-state index in [2.05, 4.69) is 12.2 Å². The summed E-state index contributed by atoms with van der Waals surface area (Å²) in [5.74, 6) is 0.684. The summed E-state index contributed by atoms with van der Waals surface area (Å²) in [4.78, 5) is 11.8. The van der Waals surface area contributed by atoms with Gasteiger partial charge in [0.1, 0.15) is 5.75 Å². The predicted molar refractivity (Wildman–Crippen MR) is 94.6 cm³/mol. The van der Waals surface area contributed by atoms with Crippen LogP contribution in [0.25, 0.3) is 6.08 Å². The quantitative estimate of drug-likeness (QED) is 0.762. The summed E-state index contributed by atoms with van der Waals surface area (Å²) in [6.07, 6.45) is 4.26. The lowest BCUT2D eigenvalue weighted by Gasteiger charge is -2.05. The zero-order chi connectivity index (χ0) is 16.5. The number of hydrogen-bond acceptors (Lipinski definition) is 2. The molecule has 0 spiro atoms. The number of amides is 1. The Morgan fingerprint density at radius 2 is 1.91 bits per heavy atom. The van der Waals surface area contributed by atoms with Crippen molar-refractivity contribution in [3.05, 3.63) is 70.8 Å². The lowest BCUT2D eigenvalue weighted by molar-refractivity contribution is -0.116. The van der Waals surface area contributed by atoms with Crippen LogP contribution in [0, 0.1) is 0 Å². The lowest BCUT2D eigenvalue weighted by Crippen LogP contribution is -2.20. The minimum atomic E-state index is -0.156. The molecular formula is C19H20ClNO2. The van der Waals surface area contributed by atoms with Gasteiger partial charge in [-0.3, -0.25) is 4.79 Å². The highest BCUT2D eigenvalue weighted by molar-refractivity contribution is 6.31. The highest BCUT2D eigenvalue weighted by atomic mass is 35.5. The van der Waals surface area contributed by atoms with E-state index in [1.807, 2.05) is 42.5 Å². The molecule has 0 aliphatic carbocycles. The third-order valence-corrected chi connectivity index (χ3v) is 3.56. The zero-order valence-electron chi connectivity index (χ0n) is 13.1. The molecule has 3 nitrogen and oxygen atoms in total. The van der Waals surface area contributed by atoms with Crippen LogP contribution in [-0.4, -0.2) is 12.5 Å². The Labute approximate surface area is 141 Å². The second-order valence-corrected chi connectivity index (χ2v) is 5.47. The standard InChI is InChI=1S/C19H20ClNO2/c1-2-13-23-17-10-7-15(8-11-17)9-12-19(22)21-14-16-5-3-4-6-18(16)20/h3-12H,2,13-14H2,1H3,(H,21,22)/b12-9+.